The minimum Gasteiger partial charge on any atom is -0.352 e. The van der Waals surface area contributed by atoms with Gasteiger partial charge in [0.25, 0.3) is 5.91 Å². The molecular formula is C18H24ClN3O2. The first-order valence-electron chi connectivity index (χ1n) is 8.69. The molecule has 2 aliphatic rings. The lowest BCUT2D eigenvalue weighted by Gasteiger charge is -2.33. The van der Waals surface area contributed by atoms with Gasteiger partial charge in [0.15, 0.2) is 0 Å². The molecule has 2 atom stereocenters. The normalized spacial score (nSPS) is 24.5. The van der Waals surface area contributed by atoms with Gasteiger partial charge >= 0.3 is 0 Å². The number of carbonyl (C=O) groups is 2. The number of nitrogens with one attached hydrogen (secondary N) is 2. The zero-order valence-electron chi connectivity index (χ0n) is 13.8. The van der Waals surface area contributed by atoms with E-state index in [9.17, 15) is 9.59 Å². The van der Waals surface area contributed by atoms with Crippen LogP contribution in [0.25, 0.3) is 0 Å². The van der Waals surface area contributed by atoms with Gasteiger partial charge in [0, 0.05) is 36.3 Å². The molecule has 2 fully saturated rings. The maximum atomic E-state index is 12.6. The Kier molecular flexibility index (Phi) is 5.74. The number of halogens is 1. The van der Waals surface area contributed by atoms with E-state index in [2.05, 4.69) is 10.6 Å². The summed E-state index contributed by atoms with van der Waals surface area (Å²) >= 11 is 5.88. The first kappa shape index (κ1) is 17.2. The molecule has 1 aromatic carbocycles. The van der Waals surface area contributed by atoms with Crippen LogP contribution in [0.5, 0.6) is 0 Å². The Morgan fingerprint density at radius 3 is 2.67 bits per heavy atom. The average molecular weight is 350 g/mol. The van der Waals surface area contributed by atoms with E-state index < -0.39 is 0 Å². The van der Waals surface area contributed by atoms with Crippen molar-refractivity contribution in [3.05, 3.63) is 34.9 Å². The van der Waals surface area contributed by atoms with Gasteiger partial charge in [-0.15, -0.1) is 0 Å². The summed E-state index contributed by atoms with van der Waals surface area (Å²) < 4.78 is 0. The van der Waals surface area contributed by atoms with Crippen molar-refractivity contribution in [3.63, 3.8) is 0 Å². The molecule has 2 amide bonds. The highest BCUT2D eigenvalue weighted by molar-refractivity contribution is 6.30. The Bertz CT molecular complexity index is 584. The largest absolute Gasteiger partial charge is 0.352 e. The van der Waals surface area contributed by atoms with Crippen LogP contribution in [0.3, 0.4) is 0 Å². The Hall–Kier alpha value is -1.59. The summed E-state index contributed by atoms with van der Waals surface area (Å²) in [5, 5.41) is 7.06. The molecule has 2 aliphatic heterocycles. The first-order valence-corrected chi connectivity index (χ1v) is 9.07. The van der Waals surface area contributed by atoms with Crippen molar-refractivity contribution in [2.45, 2.75) is 31.7 Å². The molecule has 130 valence electrons. The smallest absolute Gasteiger partial charge is 0.253 e. The van der Waals surface area contributed by atoms with Crippen LogP contribution in [-0.4, -0.2) is 48.9 Å². The summed E-state index contributed by atoms with van der Waals surface area (Å²) in [5.74, 6) is -0.0577. The van der Waals surface area contributed by atoms with Gasteiger partial charge in [-0.05, 0) is 56.5 Å². The maximum absolute atomic E-state index is 12.6. The monoisotopic (exact) mass is 349 g/mol. The first-order chi connectivity index (χ1) is 11.6. The zero-order valence-corrected chi connectivity index (χ0v) is 14.5. The van der Waals surface area contributed by atoms with Gasteiger partial charge in [0.1, 0.15) is 0 Å². The second kappa shape index (κ2) is 7.99. The van der Waals surface area contributed by atoms with Gasteiger partial charge in [0.2, 0.25) is 5.91 Å². The van der Waals surface area contributed by atoms with E-state index in [-0.39, 0.29) is 23.8 Å². The van der Waals surface area contributed by atoms with Crippen molar-refractivity contribution < 1.29 is 9.59 Å². The Morgan fingerprint density at radius 2 is 1.96 bits per heavy atom. The molecule has 24 heavy (non-hydrogen) atoms. The second-order valence-electron chi connectivity index (χ2n) is 6.65. The van der Waals surface area contributed by atoms with Crippen molar-refractivity contribution in [3.8, 4) is 0 Å². The van der Waals surface area contributed by atoms with E-state index in [0.717, 1.165) is 38.8 Å². The number of benzene rings is 1. The summed E-state index contributed by atoms with van der Waals surface area (Å²) in [4.78, 5) is 26.9. The molecule has 2 unspecified atom stereocenters. The molecule has 0 radical (unpaired) electrons. The molecule has 2 saturated heterocycles. The molecule has 0 spiro atoms. The van der Waals surface area contributed by atoms with Crippen LogP contribution >= 0.6 is 11.6 Å². The molecule has 0 saturated carbocycles. The Morgan fingerprint density at radius 1 is 1.17 bits per heavy atom. The van der Waals surface area contributed by atoms with Crippen LogP contribution < -0.4 is 10.6 Å². The number of carbonyl (C=O) groups excluding carboxylic acids is 2. The second-order valence-corrected chi connectivity index (χ2v) is 7.09. The molecule has 1 aromatic rings. The van der Waals surface area contributed by atoms with Crippen LogP contribution in [0.4, 0.5) is 0 Å². The predicted molar refractivity (Wildman–Crippen MR) is 94.1 cm³/mol. The average Bonchev–Trinajstić information content (AvgIpc) is 2.63. The van der Waals surface area contributed by atoms with Crippen molar-refractivity contribution in [1.82, 2.24) is 15.5 Å². The van der Waals surface area contributed by atoms with E-state index >= 15 is 0 Å². The van der Waals surface area contributed by atoms with Crippen LogP contribution in [0.15, 0.2) is 24.3 Å². The Balaban J connectivity index is 1.58. The van der Waals surface area contributed by atoms with Crippen LogP contribution in [0, 0.1) is 5.92 Å². The molecule has 6 heteroatoms. The number of piperidine rings is 2. The van der Waals surface area contributed by atoms with Crippen molar-refractivity contribution in [2.75, 3.05) is 26.2 Å². The van der Waals surface area contributed by atoms with Crippen molar-refractivity contribution in [1.29, 1.82) is 0 Å². The van der Waals surface area contributed by atoms with Gasteiger partial charge in [-0.3, -0.25) is 9.59 Å². The summed E-state index contributed by atoms with van der Waals surface area (Å²) in [7, 11) is 0. The minimum absolute atomic E-state index is 0.0245. The number of hydrogen-bond donors (Lipinski definition) is 2. The van der Waals surface area contributed by atoms with Crippen LogP contribution in [0.1, 0.15) is 36.0 Å². The van der Waals surface area contributed by atoms with Gasteiger partial charge in [-0.2, -0.15) is 0 Å². The molecule has 5 nitrogen and oxygen atoms in total. The maximum Gasteiger partial charge on any atom is 0.253 e. The van der Waals surface area contributed by atoms with Gasteiger partial charge < -0.3 is 15.5 Å². The lowest BCUT2D eigenvalue weighted by molar-refractivity contribution is -0.127. The van der Waals surface area contributed by atoms with E-state index in [0.29, 0.717) is 23.7 Å². The third-order valence-corrected chi connectivity index (χ3v) is 5.07. The van der Waals surface area contributed by atoms with Crippen molar-refractivity contribution in [2.24, 2.45) is 5.92 Å². The van der Waals surface area contributed by atoms with E-state index in [1.165, 1.54) is 0 Å². The highest BCUT2D eigenvalue weighted by Gasteiger charge is 2.30. The minimum atomic E-state index is -0.114. The quantitative estimate of drug-likeness (QED) is 0.878. The topological polar surface area (TPSA) is 61.4 Å². The predicted octanol–water partition coefficient (Wildman–Crippen LogP) is 2.06. The number of nitrogens with zero attached hydrogens (tertiary/aromatic N) is 1. The van der Waals surface area contributed by atoms with Crippen LogP contribution in [-0.2, 0) is 4.79 Å². The summed E-state index contributed by atoms with van der Waals surface area (Å²) in [5.41, 5.74) is 0.622. The molecule has 3 rings (SSSR count). The van der Waals surface area contributed by atoms with E-state index in [1.807, 2.05) is 0 Å². The lowest BCUT2D eigenvalue weighted by Crippen LogP contribution is -2.51. The van der Waals surface area contributed by atoms with Gasteiger partial charge in [0.05, 0.1) is 5.92 Å². The number of hydrogen-bond acceptors (Lipinski definition) is 3. The summed E-state index contributed by atoms with van der Waals surface area (Å²) in [6.07, 6.45) is 3.83. The molecule has 0 aliphatic carbocycles. The van der Waals surface area contributed by atoms with E-state index in [1.54, 1.807) is 29.2 Å². The lowest BCUT2D eigenvalue weighted by atomic mass is 9.95. The molecule has 0 aromatic heterocycles. The van der Waals surface area contributed by atoms with Gasteiger partial charge in [-0.25, -0.2) is 0 Å². The zero-order chi connectivity index (χ0) is 16.9. The van der Waals surface area contributed by atoms with Crippen molar-refractivity contribution >= 4 is 23.4 Å². The Labute approximate surface area is 147 Å². The van der Waals surface area contributed by atoms with Crippen LogP contribution in [0.2, 0.25) is 5.02 Å². The SMILES string of the molecule is O=C(NC1CCCNC1)C1CCCN(C(=O)c2ccc(Cl)cc2)C1. The third-order valence-electron chi connectivity index (χ3n) is 4.81. The highest BCUT2D eigenvalue weighted by Crippen LogP contribution is 2.20. The number of amides is 2. The highest BCUT2D eigenvalue weighted by atomic mass is 35.5. The third kappa shape index (κ3) is 4.28. The molecule has 2 heterocycles. The summed E-state index contributed by atoms with van der Waals surface area (Å²) in [6.45, 7) is 3.06. The van der Waals surface area contributed by atoms with Gasteiger partial charge in [-0.1, -0.05) is 11.6 Å². The molecule has 2 N–H and O–H groups in total. The number of rotatable bonds is 3. The standard InChI is InChI=1S/C18H24ClN3O2/c19-15-7-5-13(6-8-15)18(24)22-10-2-3-14(12-22)17(23)21-16-4-1-9-20-11-16/h5-8,14,16,20H,1-4,9-12H2,(H,21,23). The number of likely N-dealkylation sites (tertiary alicyclic amines) is 1. The van der Waals surface area contributed by atoms with E-state index in [4.69, 9.17) is 11.6 Å². The molecular weight excluding hydrogens is 326 g/mol. The summed E-state index contributed by atoms with van der Waals surface area (Å²) in [6, 6.07) is 7.14. The molecule has 0 bridgehead atoms. The fourth-order valence-corrected chi connectivity index (χ4v) is 3.57. The fraction of sp³-hybridized carbons (Fsp3) is 0.556. The fourth-order valence-electron chi connectivity index (χ4n) is 3.44.